The number of ether oxygens (including phenoxy) is 1. The molecule has 0 aliphatic heterocycles. The quantitative estimate of drug-likeness (QED) is 0.485. The van der Waals surface area contributed by atoms with Gasteiger partial charge in [-0.25, -0.2) is 0 Å². The van der Waals surface area contributed by atoms with Crippen molar-refractivity contribution in [3.05, 3.63) is 0 Å². The third-order valence-electron chi connectivity index (χ3n) is 0.814. The minimum Gasteiger partial charge on any atom is -0.373 e. The molecule has 0 fully saturated rings. The van der Waals surface area contributed by atoms with Crippen LogP contribution in [-0.2, 0) is 8.92 Å². The van der Waals surface area contributed by atoms with Crippen molar-refractivity contribution in [3.8, 4) is 0 Å². The molecule has 0 aliphatic rings. The summed E-state index contributed by atoms with van der Waals surface area (Å²) in [5, 5.41) is 0. The molecule has 0 saturated heterocycles. The summed E-state index contributed by atoms with van der Waals surface area (Å²) in [5.74, 6) is 0. The second kappa shape index (κ2) is 5.09. The van der Waals surface area contributed by atoms with Gasteiger partial charge in [-0.15, -0.1) is 0 Å². The smallest absolute Gasteiger partial charge is 0.0870 e. The minimum absolute atomic E-state index is 0.141. The van der Waals surface area contributed by atoms with E-state index in [0.717, 1.165) is 0 Å². The summed E-state index contributed by atoms with van der Waals surface area (Å²) in [4.78, 5) is 0. The fourth-order valence-electron chi connectivity index (χ4n) is 0.609. The Balaban J connectivity index is 3.15. The summed E-state index contributed by atoms with van der Waals surface area (Å²) in [6.45, 7) is 6.49. The SMILES string of the molecule is CC(C)OC(C)COS. The van der Waals surface area contributed by atoms with E-state index in [2.05, 4.69) is 17.1 Å². The van der Waals surface area contributed by atoms with Crippen LogP contribution in [0.4, 0.5) is 0 Å². The lowest BCUT2D eigenvalue weighted by Crippen LogP contribution is -2.18. The van der Waals surface area contributed by atoms with Crippen LogP contribution in [0.3, 0.4) is 0 Å². The zero-order valence-corrected chi connectivity index (χ0v) is 7.02. The van der Waals surface area contributed by atoms with Crippen LogP contribution in [0.25, 0.3) is 0 Å². The highest BCUT2D eigenvalue weighted by Crippen LogP contribution is 1.97. The van der Waals surface area contributed by atoms with E-state index in [0.29, 0.717) is 6.61 Å². The van der Waals surface area contributed by atoms with Crippen LogP contribution in [0.5, 0.6) is 0 Å². The monoisotopic (exact) mass is 150 g/mol. The van der Waals surface area contributed by atoms with Gasteiger partial charge in [0.05, 0.1) is 18.8 Å². The Morgan fingerprint density at radius 1 is 1.33 bits per heavy atom. The Bertz CT molecular complexity index is 66.1. The molecular weight excluding hydrogens is 136 g/mol. The maximum atomic E-state index is 5.32. The molecule has 0 aromatic rings. The van der Waals surface area contributed by atoms with Crippen LogP contribution in [0, 0.1) is 0 Å². The van der Waals surface area contributed by atoms with Gasteiger partial charge in [-0.05, 0) is 33.7 Å². The summed E-state index contributed by atoms with van der Waals surface area (Å²) in [7, 11) is 0. The van der Waals surface area contributed by atoms with Crippen molar-refractivity contribution in [3.63, 3.8) is 0 Å². The molecule has 0 aromatic carbocycles. The van der Waals surface area contributed by atoms with Gasteiger partial charge in [0.25, 0.3) is 0 Å². The molecule has 0 bridgehead atoms. The van der Waals surface area contributed by atoms with E-state index in [1.165, 1.54) is 0 Å². The van der Waals surface area contributed by atoms with Gasteiger partial charge in [0.2, 0.25) is 0 Å². The molecule has 0 saturated carbocycles. The van der Waals surface area contributed by atoms with Gasteiger partial charge in [0.15, 0.2) is 0 Å². The van der Waals surface area contributed by atoms with Gasteiger partial charge in [0, 0.05) is 0 Å². The summed E-state index contributed by atoms with van der Waals surface area (Å²) in [6, 6.07) is 0. The van der Waals surface area contributed by atoms with Crippen molar-refractivity contribution in [2.45, 2.75) is 33.0 Å². The Labute approximate surface area is 62.2 Å². The van der Waals surface area contributed by atoms with Crippen molar-refractivity contribution in [1.29, 1.82) is 0 Å². The van der Waals surface area contributed by atoms with Crippen LogP contribution in [0.1, 0.15) is 20.8 Å². The second-order valence-corrected chi connectivity index (χ2v) is 2.55. The molecule has 0 amide bonds. The largest absolute Gasteiger partial charge is 0.373 e. The Morgan fingerprint density at radius 2 is 1.89 bits per heavy atom. The molecule has 0 aliphatic carbocycles. The molecule has 0 spiro atoms. The maximum absolute atomic E-state index is 5.32. The molecule has 0 rings (SSSR count). The second-order valence-electron chi connectivity index (χ2n) is 2.29. The first-order chi connectivity index (χ1) is 4.16. The minimum atomic E-state index is 0.141. The normalized spacial score (nSPS) is 14.3. The predicted molar refractivity (Wildman–Crippen MR) is 40.6 cm³/mol. The van der Waals surface area contributed by atoms with Crippen molar-refractivity contribution in [1.82, 2.24) is 0 Å². The van der Waals surface area contributed by atoms with Crippen LogP contribution in [0.15, 0.2) is 0 Å². The lowest BCUT2D eigenvalue weighted by molar-refractivity contribution is -0.00199. The van der Waals surface area contributed by atoms with Crippen molar-refractivity contribution < 1.29 is 8.92 Å². The average molecular weight is 150 g/mol. The van der Waals surface area contributed by atoms with Gasteiger partial charge >= 0.3 is 0 Å². The molecular formula is C6H14O2S. The van der Waals surface area contributed by atoms with Crippen molar-refractivity contribution in [2.24, 2.45) is 0 Å². The number of rotatable bonds is 4. The first-order valence-corrected chi connectivity index (χ1v) is 3.45. The van der Waals surface area contributed by atoms with Gasteiger partial charge in [-0.2, -0.15) is 0 Å². The predicted octanol–water partition coefficient (Wildman–Crippen LogP) is 1.66. The van der Waals surface area contributed by atoms with Crippen LogP contribution in [-0.4, -0.2) is 18.8 Å². The van der Waals surface area contributed by atoms with E-state index in [1.807, 2.05) is 20.8 Å². The van der Waals surface area contributed by atoms with E-state index >= 15 is 0 Å². The van der Waals surface area contributed by atoms with E-state index in [-0.39, 0.29) is 12.2 Å². The Morgan fingerprint density at radius 3 is 2.22 bits per heavy atom. The topological polar surface area (TPSA) is 18.5 Å². The van der Waals surface area contributed by atoms with Gasteiger partial charge in [0.1, 0.15) is 0 Å². The zero-order chi connectivity index (χ0) is 7.28. The lowest BCUT2D eigenvalue weighted by Gasteiger charge is -2.13. The van der Waals surface area contributed by atoms with Crippen LogP contribution < -0.4 is 0 Å². The van der Waals surface area contributed by atoms with E-state index in [4.69, 9.17) is 4.74 Å². The van der Waals surface area contributed by atoms with E-state index < -0.39 is 0 Å². The highest BCUT2D eigenvalue weighted by molar-refractivity contribution is 7.75. The summed E-state index contributed by atoms with van der Waals surface area (Å²) in [6.07, 6.45) is 0.408. The maximum Gasteiger partial charge on any atom is 0.0870 e. The molecule has 0 radical (unpaired) electrons. The highest BCUT2D eigenvalue weighted by Gasteiger charge is 2.02. The van der Waals surface area contributed by atoms with E-state index in [9.17, 15) is 0 Å². The van der Waals surface area contributed by atoms with Gasteiger partial charge in [-0.3, -0.25) is 0 Å². The molecule has 0 heterocycles. The summed E-state index contributed by atoms with van der Waals surface area (Å²) < 4.78 is 9.89. The first kappa shape index (κ1) is 9.27. The average Bonchev–Trinajstić information content (AvgIpc) is 1.63. The molecule has 3 heteroatoms. The standard InChI is InChI=1S/C6H14O2S/c1-5(2)8-6(3)4-7-9/h5-6,9H,4H2,1-3H3. The number of hydrogen-bond donors (Lipinski definition) is 1. The first-order valence-electron chi connectivity index (χ1n) is 3.08. The Kier molecular flexibility index (Phi) is 5.24. The molecule has 9 heavy (non-hydrogen) atoms. The fourth-order valence-corrected chi connectivity index (χ4v) is 0.819. The van der Waals surface area contributed by atoms with Gasteiger partial charge in [-0.1, -0.05) is 0 Å². The van der Waals surface area contributed by atoms with E-state index in [1.54, 1.807) is 0 Å². The third-order valence-corrected chi connectivity index (χ3v) is 0.963. The lowest BCUT2D eigenvalue weighted by atomic mass is 10.4. The molecule has 2 nitrogen and oxygen atoms in total. The molecule has 56 valence electrons. The molecule has 0 N–H and O–H groups in total. The summed E-state index contributed by atoms with van der Waals surface area (Å²) >= 11 is 3.60. The van der Waals surface area contributed by atoms with Crippen LogP contribution >= 0.6 is 12.9 Å². The molecule has 1 unspecified atom stereocenters. The zero-order valence-electron chi connectivity index (χ0n) is 6.13. The van der Waals surface area contributed by atoms with Crippen molar-refractivity contribution >= 4 is 12.9 Å². The Hall–Kier alpha value is 0.270. The van der Waals surface area contributed by atoms with Crippen molar-refractivity contribution in [2.75, 3.05) is 6.61 Å². The number of thiol groups is 1. The highest BCUT2D eigenvalue weighted by atomic mass is 32.1. The summed E-state index contributed by atoms with van der Waals surface area (Å²) in [5.41, 5.74) is 0. The molecule has 0 aromatic heterocycles. The molecule has 1 atom stereocenters. The fraction of sp³-hybridized carbons (Fsp3) is 1.00. The van der Waals surface area contributed by atoms with Gasteiger partial charge < -0.3 is 8.92 Å². The van der Waals surface area contributed by atoms with Crippen LogP contribution in [0.2, 0.25) is 0 Å². The third kappa shape index (κ3) is 6.15. The number of hydrogen-bond acceptors (Lipinski definition) is 3.